The molecular formula is C10H23N3. The summed E-state index contributed by atoms with van der Waals surface area (Å²) in [6.07, 6.45) is 3.92. The quantitative estimate of drug-likeness (QED) is 0.603. The predicted octanol–water partition coefficient (Wildman–Crippen LogP) is 0.280. The largest absolute Gasteiger partial charge is 0.315 e. The molecule has 1 atom stereocenters. The van der Waals surface area contributed by atoms with Crippen molar-refractivity contribution in [2.45, 2.75) is 25.3 Å². The second-order valence-corrected chi connectivity index (χ2v) is 4.15. The third-order valence-corrected chi connectivity index (χ3v) is 2.51. The van der Waals surface area contributed by atoms with Gasteiger partial charge in [-0.05, 0) is 53.0 Å². The Hall–Kier alpha value is -0.120. The molecule has 1 saturated heterocycles. The molecule has 1 rings (SSSR count). The van der Waals surface area contributed by atoms with Gasteiger partial charge in [0, 0.05) is 12.6 Å². The van der Waals surface area contributed by atoms with Crippen LogP contribution in [0.25, 0.3) is 0 Å². The molecule has 3 heteroatoms. The molecule has 0 aromatic carbocycles. The topological polar surface area (TPSA) is 27.3 Å². The summed E-state index contributed by atoms with van der Waals surface area (Å²) >= 11 is 0. The fraction of sp³-hybridized carbons (Fsp3) is 1.00. The molecule has 1 aliphatic rings. The lowest BCUT2D eigenvalue weighted by atomic mass is 10.1. The van der Waals surface area contributed by atoms with Gasteiger partial charge in [0.2, 0.25) is 0 Å². The zero-order valence-electron chi connectivity index (χ0n) is 8.97. The van der Waals surface area contributed by atoms with Crippen molar-refractivity contribution in [2.75, 3.05) is 40.3 Å². The van der Waals surface area contributed by atoms with Gasteiger partial charge in [0.1, 0.15) is 0 Å². The summed E-state index contributed by atoms with van der Waals surface area (Å²) in [7, 11) is 4.25. The molecule has 0 amide bonds. The van der Waals surface area contributed by atoms with E-state index in [1.165, 1.54) is 32.4 Å². The van der Waals surface area contributed by atoms with Crippen LogP contribution >= 0.6 is 0 Å². The minimum absolute atomic E-state index is 0.718. The molecule has 13 heavy (non-hydrogen) atoms. The van der Waals surface area contributed by atoms with E-state index in [9.17, 15) is 0 Å². The highest BCUT2D eigenvalue weighted by atomic mass is 15.1. The maximum absolute atomic E-state index is 3.59. The molecule has 1 unspecified atom stereocenters. The normalized spacial score (nSPS) is 23.8. The molecule has 78 valence electrons. The summed E-state index contributed by atoms with van der Waals surface area (Å²) in [6, 6.07) is 0.718. The predicted molar refractivity (Wildman–Crippen MR) is 57.1 cm³/mol. The Kier molecular flexibility index (Phi) is 5.35. The zero-order chi connectivity index (χ0) is 9.52. The van der Waals surface area contributed by atoms with Crippen molar-refractivity contribution >= 4 is 0 Å². The fourth-order valence-corrected chi connectivity index (χ4v) is 1.73. The van der Waals surface area contributed by atoms with Gasteiger partial charge in [0.15, 0.2) is 0 Å². The minimum Gasteiger partial charge on any atom is -0.315 e. The van der Waals surface area contributed by atoms with Gasteiger partial charge in [0.05, 0.1) is 0 Å². The van der Waals surface area contributed by atoms with Crippen molar-refractivity contribution < 1.29 is 0 Å². The van der Waals surface area contributed by atoms with Gasteiger partial charge in [0.25, 0.3) is 0 Å². The average Bonchev–Trinajstić information content (AvgIpc) is 2.14. The van der Waals surface area contributed by atoms with Gasteiger partial charge in [-0.3, -0.25) is 0 Å². The van der Waals surface area contributed by atoms with Crippen LogP contribution in [-0.4, -0.2) is 51.2 Å². The van der Waals surface area contributed by atoms with Crippen LogP contribution in [0.1, 0.15) is 19.3 Å². The third-order valence-electron chi connectivity index (χ3n) is 2.51. The van der Waals surface area contributed by atoms with Crippen LogP contribution in [0.5, 0.6) is 0 Å². The van der Waals surface area contributed by atoms with Crippen molar-refractivity contribution in [3.8, 4) is 0 Å². The SMILES string of the molecule is CN(C)CCCNC1CCCNC1. The maximum Gasteiger partial charge on any atom is 0.0192 e. The van der Waals surface area contributed by atoms with E-state index >= 15 is 0 Å². The van der Waals surface area contributed by atoms with Gasteiger partial charge < -0.3 is 15.5 Å². The van der Waals surface area contributed by atoms with Crippen molar-refractivity contribution in [1.29, 1.82) is 0 Å². The highest BCUT2D eigenvalue weighted by Crippen LogP contribution is 2.00. The Bertz CT molecular complexity index is 119. The summed E-state index contributed by atoms with van der Waals surface area (Å²) in [4.78, 5) is 2.24. The van der Waals surface area contributed by atoms with E-state index < -0.39 is 0 Å². The van der Waals surface area contributed by atoms with Gasteiger partial charge in [-0.1, -0.05) is 0 Å². The van der Waals surface area contributed by atoms with E-state index in [-0.39, 0.29) is 0 Å². The monoisotopic (exact) mass is 185 g/mol. The molecule has 2 N–H and O–H groups in total. The number of rotatable bonds is 5. The minimum atomic E-state index is 0.718. The number of nitrogens with one attached hydrogen (secondary N) is 2. The van der Waals surface area contributed by atoms with E-state index in [1.54, 1.807) is 0 Å². The molecule has 1 aliphatic heterocycles. The smallest absolute Gasteiger partial charge is 0.0192 e. The van der Waals surface area contributed by atoms with Gasteiger partial charge in [-0.2, -0.15) is 0 Å². The first-order valence-electron chi connectivity index (χ1n) is 5.38. The lowest BCUT2D eigenvalue weighted by molar-refractivity contribution is 0.359. The standard InChI is InChI=1S/C10H23N3/c1-13(2)8-4-7-12-10-5-3-6-11-9-10/h10-12H,3-9H2,1-2H3. The molecule has 1 heterocycles. The molecule has 0 bridgehead atoms. The number of hydrogen-bond acceptors (Lipinski definition) is 3. The van der Waals surface area contributed by atoms with Crippen LogP contribution in [0.15, 0.2) is 0 Å². The molecule has 1 fully saturated rings. The first kappa shape index (κ1) is 11.0. The van der Waals surface area contributed by atoms with Crippen LogP contribution in [0.3, 0.4) is 0 Å². The Balaban J connectivity index is 1.92. The second-order valence-electron chi connectivity index (χ2n) is 4.15. The molecule has 0 spiro atoms. The molecule has 0 aromatic heterocycles. The van der Waals surface area contributed by atoms with Crippen molar-refractivity contribution in [3.05, 3.63) is 0 Å². The number of nitrogens with zero attached hydrogens (tertiary/aromatic N) is 1. The molecule has 0 aliphatic carbocycles. The molecular weight excluding hydrogens is 162 g/mol. The summed E-state index contributed by atoms with van der Waals surface area (Å²) in [5.74, 6) is 0. The molecule has 0 saturated carbocycles. The Labute approximate surface area is 81.9 Å². The van der Waals surface area contributed by atoms with Gasteiger partial charge in [-0.25, -0.2) is 0 Å². The van der Waals surface area contributed by atoms with E-state index in [1.807, 2.05) is 0 Å². The molecule has 0 aromatic rings. The van der Waals surface area contributed by atoms with Crippen molar-refractivity contribution in [3.63, 3.8) is 0 Å². The highest BCUT2D eigenvalue weighted by molar-refractivity contribution is 4.74. The van der Waals surface area contributed by atoms with Crippen molar-refractivity contribution in [1.82, 2.24) is 15.5 Å². The maximum atomic E-state index is 3.59. The van der Waals surface area contributed by atoms with Crippen LogP contribution in [0, 0.1) is 0 Å². The van der Waals surface area contributed by atoms with Crippen LogP contribution in [0.2, 0.25) is 0 Å². The number of piperidine rings is 1. The summed E-state index contributed by atoms with van der Waals surface area (Å²) < 4.78 is 0. The Morgan fingerprint density at radius 1 is 1.46 bits per heavy atom. The molecule has 3 nitrogen and oxygen atoms in total. The Morgan fingerprint density at radius 2 is 2.31 bits per heavy atom. The molecule has 0 radical (unpaired) electrons. The van der Waals surface area contributed by atoms with Gasteiger partial charge in [-0.15, -0.1) is 0 Å². The number of hydrogen-bond donors (Lipinski definition) is 2. The van der Waals surface area contributed by atoms with Crippen LogP contribution in [0.4, 0.5) is 0 Å². The highest BCUT2D eigenvalue weighted by Gasteiger charge is 2.10. The van der Waals surface area contributed by atoms with E-state index in [4.69, 9.17) is 0 Å². The van der Waals surface area contributed by atoms with Crippen LogP contribution < -0.4 is 10.6 Å². The van der Waals surface area contributed by atoms with E-state index in [0.29, 0.717) is 0 Å². The summed E-state index contributed by atoms with van der Waals surface area (Å²) in [6.45, 7) is 4.70. The first-order chi connectivity index (χ1) is 6.29. The van der Waals surface area contributed by atoms with E-state index in [0.717, 1.165) is 19.1 Å². The second kappa shape index (κ2) is 6.35. The first-order valence-corrected chi connectivity index (χ1v) is 5.38. The lowest BCUT2D eigenvalue weighted by Crippen LogP contribution is -2.43. The van der Waals surface area contributed by atoms with E-state index in [2.05, 4.69) is 29.6 Å². The lowest BCUT2D eigenvalue weighted by Gasteiger charge is -2.24. The third kappa shape index (κ3) is 5.24. The Morgan fingerprint density at radius 3 is 2.92 bits per heavy atom. The van der Waals surface area contributed by atoms with Crippen molar-refractivity contribution in [2.24, 2.45) is 0 Å². The summed E-state index contributed by atoms with van der Waals surface area (Å²) in [5, 5.41) is 7.00. The van der Waals surface area contributed by atoms with Gasteiger partial charge >= 0.3 is 0 Å². The average molecular weight is 185 g/mol. The van der Waals surface area contributed by atoms with Crippen LogP contribution in [-0.2, 0) is 0 Å². The fourth-order valence-electron chi connectivity index (χ4n) is 1.73. The zero-order valence-corrected chi connectivity index (χ0v) is 8.97. The summed E-state index contributed by atoms with van der Waals surface area (Å²) in [5.41, 5.74) is 0.